The van der Waals surface area contributed by atoms with Crippen LogP contribution in [0.2, 0.25) is 0 Å². The van der Waals surface area contributed by atoms with E-state index in [1.165, 1.54) is 12.5 Å². The molecule has 0 unspecified atom stereocenters. The number of imidazole rings is 1. The smallest absolute Gasteiger partial charge is 0.210 e. The quantitative estimate of drug-likeness (QED) is 0.742. The van der Waals surface area contributed by atoms with Crippen LogP contribution in [-0.4, -0.2) is 15.8 Å². The highest BCUT2D eigenvalue weighted by Crippen LogP contribution is 2.08. The molecule has 0 spiro atoms. The summed E-state index contributed by atoms with van der Waals surface area (Å²) in [5, 5.41) is 8.69. The van der Waals surface area contributed by atoms with Crippen molar-refractivity contribution < 1.29 is 4.79 Å². The van der Waals surface area contributed by atoms with E-state index in [0.29, 0.717) is 16.8 Å². The Labute approximate surface area is 86.2 Å². The summed E-state index contributed by atoms with van der Waals surface area (Å²) < 4.78 is 0. The lowest BCUT2D eigenvalue weighted by atomic mass is 10.1. The van der Waals surface area contributed by atoms with Gasteiger partial charge < -0.3 is 4.98 Å². The molecule has 0 atom stereocenters. The van der Waals surface area contributed by atoms with Crippen molar-refractivity contribution >= 4 is 5.78 Å². The highest BCUT2D eigenvalue weighted by molar-refractivity contribution is 6.07. The molecule has 15 heavy (non-hydrogen) atoms. The van der Waals surface area contributed by atoms with E-state index in [1.807, 2.05) is 6.07 Å². The Morgan fingerprint density at radius 2 is 2.33 bits per heavy atom. The van der Waals surface area contributed by atoms with E-state index in [0.717, 1.165) is 0 Å². The Balaban J connectivity index is 2.39. The number of rotatable bonds is 2. The van der Waals surface area contributed by atoms with Crippen molar-refractivity contribution in [1.82, 2.24) is 9.97 Å². The molecule has 0 aliphatic rings. The lowest BCUT2D eigenvalue weighted by Gasteiger charge is -1.97. The second-order valence-corrected chi connectivity index (χ2v) is 2.99. The number of nitrogens with one attached hydrogen (secondary N) is 1. The van der Waals surface area contributed by atoms with Crippen LogP contribution in [0.15, 0.2) is 36.8 Å². The summed E-state index contributed by atoms with van der Waals surface area (Å²) in [6.45, 7) is 0. The van der Waals surface area contributed by atoms with Crippen LogP contribution in [0.3, 0.4) is 0 Å². The first-order valence-electron chi connectivity index (χ1n) is 4.34. The molecule has 1 aromatic heterocycles. The third kappa shape index (κ3) is 1.76. The minimum atomic E-state index is -0.162. The molecule has 0 aliphatic heterocycles. The SMILES string of the molecule is N#Cc1cccc(C(=O)c2cnc[nH]2)c1. The maximum atomic E-state index is 11.8. The summed E-state index contributed by atoms with van der Waals surface area (Å²) in [4.78, 5) is 18.3. The largest absolute Gasteiger partial charge is 0.342 e. The molecule has 0 fully saturated rings. The van der Waals surface area contributed by atoms with Crippen molar-refractivity contribution in [3.05, 3.63) is 53.6 Å². The van der Waals surface area contributed by atoms with Crippen molar-refractivity contribution in [2.75, 3.05) is 0 Å². The minimum Gasteiger partial charge on any atom is -0.342 e. The van der Waals surface area contributed by atoms with Crippen molar-refractivity contribution in [3.8, 4) is 6.07 Å². The van der Waals surface area contributed by atoms with Crippen molar-refractivity contribution in [2.45, 2.75) is 0 Å². The fourth-order valence-electron chi connectivity index (χ4n) is 1.27. The van der Waals surface area contributed by atoms with Gasteiger partial charge in [0.05, 0.1) is 24.2 Å². The van der Waals surface area contributed by atoms with Gasteiger partial charge in [-0.25, -0.2) is 4.98 Å². The molecule has 2 rings (SSSR count). The van der Waals surface area contributed by atoms with Crippen LogP contribution in [-0.2, 0) is 0 Å². The first kappa shape index (κ1) is 9.16. The summed E-state index contributed by atoms with van der Waals surface area (Å²) in [6, 6.07) is 8.56. The number of benzene rings is 1. The van der Waals surface area contributed by atoms with E-state index in [4.69, 9.17) is 5.26 Å². The van der Waals surface area contributed by atoms with Crippen LogP contribution >= 0.6 is 0 Å². The summed E-state index contributed by atoms with van der Waals surface area (Å²) in [7, 11) is 0. The van der Waals surface area contributed by atoms with Gasteiger partial charge in [0, 0.05) is 5.56 Å². The number of carbonyl (C=O) groups excluding carboxylic acids is 1. The first-order valence-corrected chi connectivity index (χ1v) is 4.34. The van der Waals surface area contributed by atoms with Crippen LogP contribution in [0, 0.1) is 11.3 Å². The van der Waals surface area contributed by atoms with Crippen LogP contribution in [0.4, 0.5) is 0 Å². The summed E-state index contributed by atoms with van der Waals surface area (Å²) in [6.07, 6.45) is 2.91. The second-order valence-electron chi connectivity index (χ2n) is 2.99. The summed E-state index contributed by atoms with van der Waals surface area (Å²) >= 11 is 0. The van der Waals surface area contributed by atoms with E-state index >= 15 is 0 Å². The molecule has 1 heterocycles. The normalized spacial score (nSPS) is 9.53. The number of hydrogen-bond acceptors (Lipinski definition) is 3. The van der Waals surface area contributed by atoms with Gasteiger partial charge in [0.2, 0.25) is 5.78 Å². The second kappa shape index (κ2) is 3.76. The molecule has 0 radical (unpaired) electrons. The van der Waals surface area contributed by atoms with E-state index in [1.54, 1.807) is 24.3 Å². The fraction of sp³-hybridized carbons (Fsp3) is 0. The summed E-state index contributed by atoms with van der Waals surface area (Å²) in [5.41, 5.74) is 1.38. The number of nitrogens with zero attached hydrogens (tertiary/aromatic N) is 2. The highest BCUT2D eigenvalue weighted by atomic mass is 16.1. The molecule has 0 saturated heterocycles. The average molecular weight is 197 g/mol. The average Bonchev–Trinajstić information content (AvgIpc) is 2.81. The van der Waals surface area contributed by atoms with Gasteiger partial charge in [-0.3, -0.25) is 4.79 Å². The van der Waals surface area contributed by atoms with Crippen LogP contribution in [0.25, 0.3) is 0 Å². The highest BCUT2D eigenvalue weighted by Gasteiger charge is 2.10. The number of aromatic nitrogens is 2. The van der Waals surface area contributed by atoms with Gasteiger partial charge in [0.1, 0.15) is 5.69 Å². The molecule has 1 aromatic carbocycles. The monoisotopic (exact) mass is 197 g/mol. The Hall–Kier alpha value is -2.41. The van der Waals surface area contributed by atoms with Gasteiger partial charge in [-0.05, 0) is 12.1 Å². The number of carbonyl (C=O) groups is 1. The first-order chi connectivity index (χ1) is 7.31. The number of ketones is 1. The number of aromatic amines is 1. The zero-order valence-corrected chi connectivity index (χ0v) is 7.77. The lowest BCUT2D eigenvalue weighted by Crippen LogP contribution is -2.01. The van der Waals surface area contributed by atoms with Crippen LogP contribution in [0.5, 0.6) is 0 Å². The number of nitriles is 1. The molecule has 2 aromatic rings. The predicted octanol–water partition coefficient (Wildman–Crippen LogP) is 1.51. The van der Waals surface area contributed by atoms with E-state index in [9.17, 15) is 4.79 Å². The van der Waals surface area contributed by atoms with Crippen molar-refractivity contribution in [3.63, 3.8) is 0 Å². The molecule has 4 heteroatoms. The molecular weight excluding hydrogens is 190 g/mol. The van der Waals surface area contributed by atoms with Gasteiger partial charge in [0.25, 0.3) is 0 Å². The van der Waals surface area contributed by atoms with Gasteiger partial charge in [0.15, 0.2) is 0 Å². The maximum absolute atomic E-state index is 11.8. The van der Waals surface area contributed by atoms with Crippen molar-refractivity contribution in [2.24, 2.45) is 0 Å². The zero-order valence-electron chi connectivity index (χ0n) is 7.77. The zero-order chi connectivity index (χ0) is 10.7. The maximum Gasteiger partial charge on any atom is 0.210 e. The predicted molar refractivity (Wildman–Crippen MR) is 53.2 cm³/mol. The molecular formula is C11H7N3O. The van der Waals surface area contributed by atoms with Crippen molar-refractivity contribution in [1.29, 1.82) is 5.26 Å². The van der Waals surface area contributed by atoms with Crippen LogP contribution in [0.1, 0.15) is 21.6 Å². The third-order valence-electron chi connectivity index (χ3n) is 2.00. The molecule has 1 N–H and O–H groups in total. The topological polar surface area (TPSA) is 69.5 Å². The minimum absolute atomic E-state index is 0.162. The van der Waals surface area contributed by atoms with Crippen LogP contribution < -0.4 is 0 Å². The molecule has 0 saturated carbocycles. The molecule has 0 amide bonds. The molecule has 4 nitrogen and oxygen atoms in total. The standard InChI is InChI=1S/C11H7N3O/c12-5-8-2-1-3-9(4-8)11(15)10-6-13-7-14-10/h1-4,6-7H,(H,13,14). The van der Waals surface area contributed by atoms with Gasteiger partial charge in [-0.2, -0.15) is 5.26 Å². The van der Waals surface area contributed by atoms with E-state index < -0.39 is 0 Å². The Bertz CT molecular complexity index is 523. The third-order valence-corrected chi connectivity index (χ3v) is 2.00. The number of H-pyrrole nitrogens is 1. The van der Waals surface area contributed by atoms with E-state index in [2.05, 4.69) is 9.97 Å². The van der Waals surface area contributed by atoms with E-state index in [-0.39, 0.29) is 5.78 Å². The Kier molecular flexibility index (Phi) is 2.30. The Morgan fingerprint density at radius 1 is 1.47 bits per heavy atom. The van der Waals surface area contributed by atoms with Gasteiger partial charge in [-0.15, -0.1) is 0 Å². The fourth-order valence-corrected chi connectivity index (χ4v) is 1.27. The van der Waals surface area contributed by atoms with Gasteiger partial charge in [-0.1, -0.05) is 12.1 Å². The molecule has 0 aliphatic carbocycles. The summed E-state index contributed by atoms with van der Waals surface area (Å²) in [5.74, 6) is -0.162. The molecule has 72 valence electrons. The number of hydrogen-bond donors (Lipinski definition) is 1. The lowest BCUT2D eigenvalue weighted by molar-refractivity contribution is 0.103. The van der Waals surface area contributed by atoms with Gasteiger partial charge >= 0.3 is 0 Å². The Morgan fingerprint density at radius 3 is 3.00 bits per heavy atom. The molecule has 0 bridgehead atoms.